The Bertz CT molecular complexity index is 177. The molecule has 0 spiro atoms. The quantitative estimate of drug-likeness (QED) is 0.545. The second kappa shape index (κ2) is 4.55. The molecule has 0 radical (unpaired) electrons. The summed E-state index contributed by atoms with van der Waals surface area (Å²) in [4.78, 5) is 0. The number of aliphatic hydroxyl groups is 3. The molecule has 1 heterocycles. The van der Waals surface area contributed by atoms with Crippen molar-refractivity contribution in [1.82, 2.24) is 0 Å². The van der Waals surface area contributed by atoms with E-state index in [-0.39, 0.29) is 6.61 Å². The Labute approximate surface area is 83.3 Å². The van der Waals surface area contributed by atoms with Crippen molar-refractivity contribution in [2.24, 2.45) is 0 Å². The molecule has 1 aliphatic heterocycles. The Kier molecular flexibility index (Phi) is 3.86. The summed E-state index contributed by atoms with van der Waals surface area (Å²) in [6, 6.07) is 0. The zero-order chi connectivity index (χ0) is 10.8. The Morgan fingerprint density at radius 1 is 1.50 bits per heavy atom. The summed E-state index contributed by atoms with van der Waals surface area (Å²) >= 11 is 0. The lowest BCUT2D eigenvalue weighted by Crippen LogP contribution is -2.33. The first-order valence-electron chi connectivity index (χ1n) is 4.77. The Balaban J connectivity index is 2.34. The summed E-state index contributed by atoms with van der Waals surface area (Å²) < 4.78 is 10.5. The van der Waals surface area contributed by atoms with Crippen molar-refractivity contribution in [1.29, 1.82) is 0 Å². The van der Waals surface area contributed by atoms with Gasteiger partial charge in [-0.15, -0.1) is 0 Å². The van der Waals surface area contributed by atoms with E-state index in [0.29, 0.717) is 12.8 Å². The van der Waals surface area contributed by atoms with Gasteiger partial charge in [-0.05, 0) is 20.3 Å². The summed E-state index contributed by atoms with van der Waals surface area (Å²) in [5.74, 6) is -1.23. The van der Waals surface area contributed by atoms with E-state index in [9.17, 15) is 10.2 Å². The highest BCUT2D eigenvalue weighted by atomic mass is 16.7. The van der Waals surface area contributed by atoms with Gasteiger partial charge in [-0.2, -0.15) is 0 Å². The minimum atomic E-state index is -1.23. The van der Waals surface area contributed by atoms with Crippen molar-refractivity contribution in [2.75, 3.05) is 6.61 Å². The molecule has 1 aliphatic rings. The van der Waals surface area contributed by atoms with E-state index in [1.54, 1.807) is 0 Å². The van der Waals surface area contributed by atoms with Crippen molar-refractivity contribution >= 4 is 0 Å². The molecule has 1 rings (SSSR count). The summed E-state index contributed by atoms with van der Waals surface area (Å²) in [7, 11) is 0. The van der Waals surface area contributed by atoms with Crippen LogP contribution in [-0.4, -0.2) is 46.2 Å². The molecule has 0 aromatic heterocycles. The molecule has 0 aromatic rings. The molecule has 3 unspecified atom stereocenters. The molecular weight excluding hydrogens is 188 g/mol. The average molecular weight is 206 g/mol. The van der Waals surface area contributed by atoms with Gasteiger partial charge in [-0.25, -0.2) is 0 Å². The lowest BCUT2D eigenvalue weighted by molar-refractivity contribution is -0.273. The van der Waals surface area contributed by atoms with Gasteiger partial charge < -0.3 is 24.8 Å². The first kappa shape index (κ1) is 11.9. The first-order valence-corrected chi connectivity index (χ1v) is 4.77. The van der Waals surface area contributed by atoms with E-state index in [1.807, 2.05) is 0 Å². The van der Waals surface area contributed by atoms with E-state index in [1.165, 1.54) is 13.8 Å². The molecule has 3 atom stereocenters. The van der Waals surface area contributed by atoms with Crippen molar-refractivity contribution < 1.29 is 24.8 Å². The average Bonchev–Trinajstić information content (AvgIpc) is 2.48. The second-order valence-electron chi connectivity index (χ2n) is 4.00. The summed E-state index contributed by atoms with van der Waals surface area (Å²) in [5.41, 5.74) is 0. The van der Waals surface area contributed by atoms with E-state index in [2.05, 4.69) is 0 Å². The van der Waals surface area contributed by atoms with Gasteiger partial charge in [0.1, 0.15) is 6.10 Å². The van der Waals surface area contributed by atoms with E-state index in [0.717, 1.165) is 0 Å². The topological polar surface area (TPSA) is 79.2 Å². The molecule has 14 heavy (non-hydrogen) atoms. The van der Waals surface area contributed by atoms with E-state index >= 15 is 0 Å². The molecule has 3 N–H and O–H groups in total. The molecule has 0 amide bonds. The number of aliphatic hydroxyl groups excluding tert-OH is 2. The third kappa shape index (κ3) is 3.51. The van der Waals surface area contributed by atoms with Crippen LogP contribution in [0.3, 0.4) is 0 Å². The Morgan fingerprint density at radius 2 is 2.14 bits per heavy atom. The lowest BCUT2D eigenvalue weighted by Gasteiger charge is -2.24. The van der Waals surface area contributed by atoms with Crippen LogP contribution in [0.4, 0.5) is 0 Å². The summed E-state index contributed by atoms with van der Waals surface area (Å²) in [6.07, 6.45) is -0.521. The van der Waals surface area contributed by atoms with Crippen LogP contribution >= 0.6 is 0 Å². The zero-order valence-corrected chi connectivity index (χ0v) is 8.51. The van der Waals surface area contributed by atoms with Gasteiger partial charge in [0.05, 0.1) is 12.7 Å². The minimum absolute atomic E-state index is 0.320. The van der Waals surface area contributed by atoms with E-state index < -0.39 is 24.3 Å². The van der Waals surface area contributed by atoms with Crippen LogP contribution in [0, 0.1) is 0 Å². The van der Waals surface area contributed by atoms with Crippen LogP contribution < -0.4 is 0 Å². The third-order valence-corrected chi connectivity index (χ3v) is 2.05. The number of rotatable bonds is 4. The second-order valence-corrected chi connectivity index (χ2v) is 4.00. The van der Waals surface area contributed by atoms with Crippen LogP contribution in [0.2, 0.25) is 0 Å². The number of hydrogen-bond acceptors (Lipinski definition) is 5. The third-order valence-electron chi connectivity index (χ3n) is 2.05. The molecule has 0 bridgehead atoms. The van der Waals surface area contributed by atoms with Gasteiger partial charge in [0.25, 0.3) is 0 Å². The maximum atomic E-state index is 9.35. The van der Waals surface area contributed by atoms with Crippen LogP contribution in [0.5, 0.6) is 0 Å². The SMILES string of the molecule is CC(C)(O)OC1CCC(C(O)CO)O1. The van der Waals surface area contributed by atoms with Gasteiger partial charge in [0, 0.05) is 6.42 Å². The van der Waals surface area contributed by atoms with Crippen LogP contribution in [0.25, 0.3) is 0 Å². The fraction of sp³-hybridized carbons (Fsp3) is 1.00. The molecule has 1 fully saturated rings. The maximum absolute atomic E-state index is 9.35. The maximum Gasteiger partial charge on any atom is 0.162 e. The zero-order valence-electron chi connectivity index (χ0n) is 8.51. The first-order chi connectivity index (χ1) is 6.42. The monoisotopic (exact) mass is 206 g/mol. The van der Waals surface area contributed by atoms with Gasteiger partial charge in [-0.3, -0.25) is 0 Å². The molecule has 5 nitrogen and oxygen atoms in total. The van der Waals surface area contributed by atoms with Crippen molar-refractivity contribution in [3.63, 3.8) is 0 Å². The summed E-state index contributed by atoms with van der Waals surface area (Å²) in [5, 5.41) is 27.3. The fourth-order valence-electron chi connectivity index (χ4n) is 1.44. The van der Waals surface area contributed by atoms with Crippen LogP contribution in [0.15, 0.2) is 0 Å². The highest BCUT2D eigenvalue weighted by molar-refractivity contribution is 4.75. The highest BCUT2D eigenvalue weighted by Gasteiger charge is 2.33. The van der Waals surface area contributed by atoms with Gasteiger partial charge in [-0.1, -0.05) is 0 Å². The molecule has 0 saturated carbocycles. The van der Waals surface area contributed by atoms with Crippen LogP contribution in [-0.2, 0) is 9.47 Å². The standard InChI is InChI=1S/C9H18O5/c1-9(2,12)14-8-4-3-7(13-8)6(11)5-10/h6-8,10-12H,3-5H2,1-2H3. The molecule has 1 saturated heterocycles. The van der Waals surface area contributed by atoms with Crippen molar-refractivity contribution in [2.45, 2.75) is 51.0 Å². The minimum Gasteiger partial charge on any atom is -0.394 e. The number of hydrogen-bond donors (Lipinski definition) is 3. The Morgan fingerprint density at radius 3 is 2.64 bits per heavy atom. The number of ether oxygens (including phenoxy) is 2. The van der Waals surface area contributed by atoms with Gasteiger partial charge in [0.2, 0.25) is 0 Å². The predicted molar refractivity (Wildman–Crippen MR) is 48.4 cm³/mol. The van der Waals surface area contributed by atoms with Crippen LogP contribution in [0.1, 0.15) is 26.7 Å². The molecule has 5 heteroatoms. The largest absolute Gasteiger partial charge is 0.394 e. The van der Waals surface area contributed by atoms with Crippen molar-refractivity contribution in [3.8, 4) is 0 Å². The Hall–Kier alpha value is -0.200. The molecule has 0 aliphatic carbocycles. The molecule has 84 valence electrons. The molecular formula is C9H18O5. The van der Waals surface area contributed by atoms with Gasteiger partial charge >= 0.3 is 0 Å². The summed E-state index contributed by atoms with van der Waals surface area (Å²) in [6.45, 7) is 2.72. The highest BCUT2D eigenvalue weighted by Crippen LogP contribution is 2.25. The van der Waals surface area contributed by atoms with Crippen molar-refractivity contribution in [3.05, 3.63) is 0 Å². The normalized spacial score (nSPS) is 30.6. The predicted octanol–water partition coefficient (Wildman–Crippen LogP) is -0.410. The van der Waals surface area contributed by atoms with E-state index in [4.69, 9.17) is 14.6 Å². The fourth-order valence-corrected chi connectivity index (χ4v) is 1.44. The van der Waals surface area contributed by atoms with Gasteiger partial charge in [0.15, 0.2) is 12.1 Å². The molecule has 0 aromatic carbocycles. The smallest absolute Gasteiger partial charge is 0.162 e. The lowest BCUT2D eigenvalue weighted by atomic mass is 10.1.